The highest BCUT2D eigenvalue weighted by Gasteiger charge is 2.51. The van der Waals surface area contributed by atoms with Crippen molar-refractivity contribution in [2.75, 3.05) is 13.1 Å². The summed E-state index contributed by atoms with van der Waals surface area (Å²) >= 11 is 0. The van der Waals surface area contributed by atoms with Crippen molar-refractivity contribution in [3.8, 4) is 0 Å². The molecule has 2 fully saturated rings. The molecule has 0 radical (unpaired) electrons. The minimum absolute atomic E-state index is 0.176. The molecule has 6 heteroatoms. The summed E-state index contributed by atoms with van der Waals surface area (Å²) < 4.78 is 14.5. The Balaban J connectivity index is 1.57. The molecule has 3 N–H and O–H groups in total. The van der Waals surface area contributed by atoms with Crippen molar-refractivity contribution < 1.29 is 14.4 Å². The number of nitrogens with zero attached hydrogens (tertiary/aromatic N) is 1. The van der Waals surface area contributed by atoms with Gasteiger partial charge in [0.1, 0.15) is 5.82 Å². The molecular weight excluding hydrogens is 297 g/mol. The number of carbonyl (C=O) groups excluding carboxylic acids is 1. The van der Waals surface area contributed by atoms with Crippen molar-refractivity contribution in [3.05, 3.63) is 34.6 Å². The van der Waals surface area contributed by atoms with Gasteiger partial charge in [0.15, 0.2) is 0 Å². The number of carbonyl (C=O) groups is 1. The van der Waals surface area contributed by atoms with Crippen LogP contribution in [0.4, 0.5) is 4.39 Å². The van der Waals surface area contributed by atoms with Gasteiger partial charge in [-0.3, -0.25) is 14.9 Å². The second kappa shape index (κ2) is 5.54. The van der Waals surface area contributed by atoms with E-state index in [1.54, 1.807) is 11.5 Å². The average molecular weight is 319 g/mol. The summed E-state index contributed by atoms with van der Waals surface area (Å²) in [6.45, 7) is 2.59. The molecule has 1 aromatic rings. The van der Waals surface area contributed by atoms with Gasteiger partial charge in [0.25, 0.3) is 5.91 Å². The molecule has 0 aromatic heterocycles. The molecule has 1 saturated carbocycles. The topological polar surface area (TPSA) is 64.6 Å². The molecule has 2 aliphatic heterocycles. The summed E-state index contributed by atoms with van der Waals surface area (Å²) in [5, 5.41) is 12.4. The largest absolute Gasteiger partial charge is 0.310 e. The number of nitrogens with one attached hydrogen (secondary N) is 2. The maximum Gasteiger partial charge on any atom is 0.274 e. The summed E-state index contributed by atoms with van der Waals surface area (Å²) in [6.07, 6.45) is 5.59. The minimum Gasteiger partial charge on any atom is -0.310 e. The Hall–Kier alpha value is -1.50. The van der Waals surface area contributed by atoms with E-state index in [0.29, 0.717) is 18.2 Å². The van der Waals surface area contributed by atoms with E-state index in [-0.39, 0.29) is 16.9 Å². The van der Waals surface area contributed by atoms with Crippen molar-refractivity contribution in [3.63, 3.8) is 0 Å². The van der Waals surface area contributed by atoms with Crippen LogP contribution in [0, 0.1) is 5.82 Å². The number of hydroxylamine groups is 1. The number of hydrogen-bond acceptors (Lipinski definition) is 4. The second-order valence-electron chi connectivity index (χ2n) is 7.00. The van der Waals surface area contributed by atoms with Gasteiger partial charge in [-0.15, -0.1) is 0 Å². The lowest BCUT2D eigenvalue weighted by atomic mass is 9.69. The third kappa shape index (κ3) is 2.36. The summed E-state index contributed by atoms with van der Waals surface area (Å²) in [5.74, 6) is -1.01. The van der Waals surface area contributed by atoms with Gasteiger partial charge in [-0.1, -0.05) is 0 Å². The van der Waals surface area contributed by atoms with Gasteiger partial charge in [-0.05, 0) is 56.3 Å². The van der Waals surface area contributed by atoms with Gasteiger partial charge in [-0.2, -0.15) is 0 Å². The van der Waals surface area contributed by atoms with Gasteiger partial charge < -0.3 is 5.32 Å². The van der Waals surface area contributed by atoms with Gasteiger partial charge in [0, 0.05) is 35.8 Å². The summed E-state index contributed by atoms with van der Waals surface area (Å²) in [6, 6.07) is 3.42. The van der Waals surface area contributed by atoms with Crippen LogP contribution in [0.25, 0.3) is 0 Å². The standard InChI is InChI=1S/C17H22FN3O2/c18-14-9-12(16(22)20-23)8-11-3-7-21(10-13(11)14)15-2-5-17(15)4-1-6-19-17/h8-9,15,19,23H,1-7,10H2,(H,20,22). The third-order valence-electron chi connectivity index (χ3n) is 5.90. The van der Waals surface area contributed by atoms with Crippen LogP contribution in [0.3, 0.4) is 0 Å². The zero-order valence-electron chi connectivity index (χ0n) is 13.1. The molecule has 2 unspecified atom stereocenters. The first-order valence-corrected chi connectivity index (χ1v) is 8.38. The molecule has 0 bridgehead atoms. The van der Waals surface area contributed by atoms with Gasteiger partial charge in [0.2, 0.25) is 0 Å². The third-order valence-corrected chi connectivity index (χ3v) is 5.90. The van der Waals surface area contributed by atoms with E-state index in [1.807, 2.05) is 0 Å². The van der Waals surface area contributed by atoms with Crippen LogP contribution in [0.2, 0.25) is 0 Å². The van der Waals surface area contributed by atoms with E-state index in [1.165, 1.54) is 31.7 Å². The molecule has 124 valence electrons. The fourth-order valence-corrected chi connectivity index (χ4v) is 4.58. The summed E-state index contributed by atoms with van der Waals surface area (Å²) in [5.41, 5.74) is 3.58. The normalized spacial score (nSPS) is 30.1. The number of rotatable bonds is 2. The molecule has 4 rings (SSSR count). The van der Waals surface area contributed by atoms with Crippen LogP contribution in [0.15, 0.2) is 12.1 Å². The van der Waals surface area contributed by atoms with Crippen molar-refractivity contribution in [2.45, 2.75) is 50.2 Å². The highest BCUT2D eigenvalue weighted by molar-refractivity contribution is 5.93. The lowest BCUT2D eigenvalue weighted by molar-refractivity contribution is 0.0142. The fraction of sp³-hybridized carbons (Fsp3) is 0.588. The van der Waals surface area contributed by atoms with Crippen LogP contribution in [0.5, 0.6) is 0 Å². The van der Waals surface area contributed by atoms with E-state index in [9.17, 15) is 9.18 Å². The zero-order chi connectivity index (χ0) is 16.0. The molecule has 2 heterocycles. The number of fused-ring (bicyclic) bond motifs is 1. The van der Waals surface area contributed by atoms with E-state index in [0.717, 1.165) is 25.1 Å². The Kier molecular flexibility index (Phi) is 3.63. The molecule has 1 aliphatic carbocycles. The number of hydrogen-bond donors (Lipinski definition) is 3. The first-order chi connectivity index (χ1) is 11.1. The predicted molar refractivity (Wildman–Crippen MR) is 82.8 cm³/mol. The van der Waals surface area contributed by atoms with Crippen LogP contribution in [-0.2, 0) is 13.0 Å². The number of halogens is 1. The molecule has 23 heavy (non-hydrogen) atoms. The number of amides is 1. The molecule has 1 amide bonds. The molecule has 1 spiro atoms. The van der Waals surface area contributed by atoms with E-state index >= 15 is 0 Å². The lowest BCUT2D eigenvalue weighted by Crippen LogP contribution is -2.65. The lowest BCUT2D eigenvalue weighted by Gasteiger charge is -2.53. The van der Waals surface area contributed by atoms with Crippen molar-refractivity contribution in [1.29, 1.82) is 0 Å². The maximum absolute atomic E-state index is 14.5. The van der Waals surface area contributed by atoms with Crippen LogP contribution in [-0.4, -0.2) is 40.7 Å². The van der Waals surface area contributed by atoms with Crippen molar-refractivity contribution in [1.82, 2.24) is 15.7 Å². The van der Waals surface area contributed by atoms with Gasteiger partial charge >= 0.3 is 0 Å². The Morgan fingerprint density at radius 2 is 2.30 bits per heavy atom. The molecule has 1 aromatic carbocycles. The zero-order valence-corrected chi connectivity index (χ0v) is 13.1. The van der Waals surface area contributed by atoms with Gasteiger partial charge in [0.05, 0.1) is 0 Å². The molecule has 5 nitrogen and oxygen atoms in total. The molecule has 1 saturated heterocycles. The van der Waals surface area contributed by atoms with Crippen LogP contribution < -0.4 is 10.8 Å². The van der Waals surface area contributed by atoms with Crippen molar-refractivity contribution in [2.24, 2.45) is 0 Å². The first-order valence-electron chi connectivity index (χ1n) is 8.38. The second-order valence-corrected chi connectivity index (χ2v) is 7.00. The Morgan fingerprint density at radius 3 is 2.96 bits per heavy atom. The smallest absolute Gasteiger partial charge is 0.274 e. The van der Waals surface area contributed by atoms with Crippen molar-refractivity contribution >= 4 is 5.91 Å². The monoisotopic (exact) mass is 319 g/mol. The van der Waals surface area contributed by atoms with Gasteiger partial charge in [-0.25, -0.2) is 9.87 Å². The first kappa shape index (κ1) is 15.1. The predicted octanol–water partition coefficient (Wildman–Crippen LogP) is 1.59. The summed E-state index contributed by atoms with van der Waals surface area (Å²) in [7, 11) is 0. The highest BCUT2D eigenvalue weighted by atomic mass is 19.1. The van der Waals surface area contributed by atoms with E-state index in [2.05, 4.69) is 10.2 Å². The molecule has 3 aliphatic rings. The molecule has 2 atom stereocenters. The Bertz CT molecular complexity index is 643. The SMILES string of the molecule is O=C(NO)c1cc(F)c2c(c1)CCN(C1CCC13CCCN3)C2. The fourth-order valence-electron chi connectivity index (χ4n) is 4.58. The quantitative estimate of drug-likeness (QED) is 0.572. The van der Waals surface area contributed by atoms with Crippen LogP contribution in [0.1, 0.15) is 47.2 Å². The Morgan fingerprint density at radius 1 is 1.43 bits per heavy atom. The van der Waals surface area contributed by atoms with Crippen LogP contribution >= 0.6 is 0 Å². The van der Waals surface area contributed by atoms with E-state index < -0.39 is 5.91 Å². The molecular formula is C17H22FN3O2. The highest BCUT2D eigenvalue weighted by Crippen LogP contribution is 2.43. The average Bonchev–Trinajstić information content (AvgIpc) is 3.05. The Labute approximate surface area is 134 Å². The van der Waals surface area contributed by atoms with E-state index in [4.69, 9.17) is 5.21 Å². The number of benzene rings is 1. The summed E-state index contributed by atoms with van der Waals surface area (Å²) in [4.78, 5) is 13.9. The minimum atomic E-state index is -0.665. The maximum atomic E-state index is 14.5.